The summed E-state index contributed by atoms with van der Waals surface area (Å²) in [5, 5.41) is 2.41. The number of aromatic nitrogens is 2. The zero-order chi connectivity index (χ0) is 21.3. The minimum atomic E-state index is -3.69. The first-order valence-electron chi connectivity index (χ1n) is 9.67. The van der Waals surface area contributed by atoms with Crippen LogP contribution in [0.3, 0.4) is 0 Å². The predicted molar refractivity (Wildman–Crippen MR) is 120 cm³/mol. The van der Waals surface area contributed by atoms with Gasteiger partial charge in [0.2, 0.25) is 10.0 Å². The number of thiophene rings is 1. The number of imidazole rings is 1. The van der Waals surface area contributed by atoms with Gasteiger partial charge < -0.3 is 4.74 Å². The molecule has 4 aromatic rings. The van der Waals surface area contributed by atoms with E-state index in [2.05, 4.69) is 9.71 Å². The van der Waals surface area contributed by atoms with Crippen LogP contribution in [0.4, 0.5) is 0 Å². The van der Waals surface area contributed by atoms with E-state index in [0.29, 0.717) is 23.2 Å². The molecule has 0 radical (unpaired) electrons. The first-order chi connectivity index (χ1) is 14.4. The van der Waals surface area contributed by atoms with Crippen LogP contribution in [-0.4, -0.2) is 18.0 Å². The van der Waals surface area contributed by atoms with Crippen molar-refractivity contribution < 1.29 is 13.2 Å². The molecule has 0 saturated heterocycles. The van der Waals surface area contributed by atoms with Crippen molar-refractivity contribution in [2.75, 3.05) is 0 Å². The number of aryl methyl sites for hydroxylation is 1. The number of nitrogens with one attached hydrogen (secondary N) is 1. The maximum Gasteiger partial charge on any atom is 0.302 e. The Hall–Kier alpha value is -2.68. The van der Waals surface area contributed by atoms with E-state index in [-0.39, 0.29) is 0 Å². The second-order valence-corrected chi connectivity index (χ2v) is 9.66. The lowest BCUT2D eigenvalue weighted by Crippen LogP contribution is -2.28. The summed E-state index contributed by atoms with van der Waals surface area (Å²) < 4.78 is 37.6. The van der Waals surface area contributed by atoms with Gasteiger partial charge in [-0.2, -0.15) is 0 Å². The Balaban J connectivity index is 1.59. The van der Waals surface area contributed by atoms with Crippen molar-refractivity contribution in [2.24, 2.45) is 0 Å². The summed E-state index contributed by atoms with van der Waals surface area (Å²) >= 11 is 1.42. The molecule has 30 heavy (non-hydrogen) atoms. The van der Waals surface area contributed by atoms with Crippen LogP contribution in [0.15, 0.2) is 65.0 Å². The number of rotatable bonds is 7. The number of nitrogens with zero attached hydrogens (tertiary/aromatic N) is 2. The van der Waals surface area contributed by atoms with Crippen LogP contribution in [0.2, 0.25) is 0 Å². The molecule has 0 amide bonds. The largest absolute Gasteiger partial charge is 0.426 e. The standard InChI is InChI=1S/C22H23N3O3S2/c1-4-25-19(13-23-22(25)28-17-11-9-15(2)10-12-17)16(3)24-30(26,27)21-14-29-20-8-6-5-7-18(20)21/h5-14,16,24H,4H2,1-3H3. The van der Waals surface area contributed by atoms with Gasteiger partial charge in [0.25, 0.3) is 0 Å². The number of hydrogen-bond donors (Lipinski definition) is 1. The fraction of sp³-hybridized carbons (Fsp3) is 0.227. The molecular formula is C22H23N3O3S2. The second-order valence-electron chi connectivity index (χ2n) is 7.06. The van der Waals surface area contributed by atoms with E-state index < -0.39 is 16.1 Å². The monoisotopic (exact) mass is 441 g/mol. The molecule has 1 atom stereocenters. The van der Waals surface area contributed by atoms with Gasteiger partial charge in [0.05, 0.1) is 17.9 Å². The molecule has 1 N–H and O–H groups in total. The molecule has 0 aliphatic rings. The Morgan fingerprint density at radius 2 is 1.90 bits per heavy atom. The second kappa shape index (κ2) is 8.22. The summed E-state index contributed by atoms with van der Waals surface area (Å²) in [6.45, 7) is 6.40. The molecule has 2 aromatic heterocycles. The maximum absolute atomic E-state index is 13.1. The average molecular weight is 442 g/mol. The molecule has 0 saturated carbocycles. The van der Waals surface area contributed by atoms with Crippen molar-refractivity contribution in [2.45, 2.75) is 38.3 Å². The minimum Gasteiger partial charge on any atom is -0.426 e. The topological polar surface area (TPSA) is 73.2 Å². The molecule has 0 aliphatic carbocycles. The SMILES string of the molecule is CCn1c(C(C)NS(=O)(=O)c2csc3ccccc23)cnc1Oc1ccc(C)cc1. The van der Waals surface area contributed by atoms with Crippen molar-refractivity contribution in [3.63, 3.8) is 0 Å². The Labute approximate surface area is 180 Å². The highest BCUT2D eigenvalue weighted by molar-refractivity contribution is 7.90. The molecule has 0 aliphatic heterocycles. The van der Waals surface area contributed by atoms with Gasteiger partial charge in [0.1, 0.15) is 10.6 Å². The summed E-state index contributed by atoms with van der Waals surface area (Å²) in [5.41, 5.74) is 1.88. The first-order valence-corrected chi connectivity index (χ1v) is 12.0. The van der Waals surface area contributed by atoms with Gasteiger partial charge in [-0.15, -0.1) is 11.3 Å². The molecule has 156 valence electrons. The fourth-order valence-electron chi connectivity index (χ4n) is 3.35. The molecule has 2 aromatic carbocycles. The molecule has 8 heteroatoms. The Morgan fingerprint density at radius 1 is 1.17 bits per heavy atom. The average Bonchev–Trinajstić information content (AvgIpc) is 3.33. The van der Waals surface area contributed by atoms with Crippen LogP contribution < -0.4 is 9.46 Å². The van der Waals surface area contributed by atoms with Gasteiger partial charge in [-0.1, -0.05) is 35.9 Å². The Morgan fingerprint density at radius 3 is 2.63 bits per heavy atom. The number of benzene rings is 2. The third-order valence-electron chi connectivity index (χ3n) is 4.91. The van der Waals surface area contributed by atoms with E-state index in [4.69, 9.17) is 4.74 Å². The summed E-state index contributed by atoms with van der Waals surface area (Å²) in [7, 11) is -3.69. The number of hydrogen-bond acceptors (Lipinski definition) is 5. The summed E-state index contributed by atoms with van der Waals surface area (Å²) in [5.74, 6) is 0.686. The summed E-state index contributed by atoms with van der Waals surface area (Å²) in [6, 6.07) is 15.2. The maximum atomic E-state index is 13.1. The summed E-state index contributed by atoms with van der Waals surface area (Å²) in [6.07, 6.45) is 1.66. The van der Waals surface area contributed by atoms with Gasteiger partial charge in [-0.3, -0.25) is 4.57 Å². The highest BCUT2D eigenvalue weighted by atomic mass is 32.2. The molecular weight excluding hydrogens is 418 g/mol. The molecule has 0 fully saturated rings. The van der Waals surface area contributed by atoms with Crippen LogP contribution in [0.5, 0.6) is 11.8 Å². The smallest absolute Gasteiger partial charge is 0.302 e. The van der Waals surface area contributed by atoms with Gasteiger partial charge in [-0.05, 0) is 39.0 Å². The fourth-order valence-corrected chi connectivity index (χ4v) is 6.07. The van der Waals surface area contributed by atoms with Crippen LogP contribution in [0.1, 0.15) is 31.1 Å². The van der Waals surface area contributed by atoms with Gasteiger partial charge in [0, 0.05) is 22.0 Å². The van der Waals surface area contributed by atoms with Crippen molar-refractivity contribution in [1.82, 2.24) is 14.3 Å². The van der Waals surface area contributed by atoms with E-state index >= 15 is 0 Å². The molecule has 4 rings (SSSR count). The molecule has 0 bridgehead atoms. The van der Waals surface area contributed by atoms with Crippen molar-refractivity contribution in [1.29, 1.82) is 0 Å². The Kier molecular flexibility index (Phi) is 5.64. The van der Waals surface area contributed by atoms with Crippen LogP contribution >= 0.6 is 11.3 Å². The molecule has 0 spiro atoms. The van der Waals surface area contributed by atoms with Crippen molar-refractivity contribution in [3.8, 4) is 11.8 Å². The molecule has 2 heterocycles. The lowest BCUT2D eigenvalue weighted by atomic mass is 10.2. The zero-order valence-electron chi connectivity index (χ0n) is 17.0. The molecule has 1 unspecified atom stereocenters. The third-order valence-corrected chi connectivity index (χ3v) is 7.60. The lowest BCUT2D eigenvalue weighted by Gasteiger charge is -2.17. The minimum absolute atomic E-state index is 0.300. The van der Waals surface area contributed by atoms with Crippen LogP contribution in [0.25, 0.3) is 10.1 Å². The van der Waals surface area contributed by atoms with Crippen molar-refractivity contribution in [3.05, 3.63) is 71.4 Å². The Bertz CT molecular complexity index is 1270. The predicted octanol–water partition coefficient (Wildman–Crippen LogP) is 5.26. The van der Waals surface area contributed by atoms with Crippen molar-refractivity contribution >= 4 is 31.4 Å². The summed E-state index contributed by atoms with van der Waals surface area (Å²) in [4.78, 5) is 4.68. The first kappa shape index (κ1) is 20.6. The third kappa shape index (κ3) is 3.98. The van der Waals surface area contributed by atoms with Gasteiger partial charge >= 0.3 is 6.01 Å². The van der Waals surface area contributed by atoms with E-state index in [1.54, 1.807) is 11.6 Å². The van der Waals surface area contributed by atoms with Gasteiger partial charge in [-0.25, -0.2) is 18.1 Å². The lowest BCUT2D eigenvalue weighted by molar-refractivity contribution is 0.408. The van der Waals surface area contributed by atoms with Crippen LogP contribution in [0, 0.1) is 6.92 Å². The molecule has 6 nitrogen and oxygen atoms in total. The van der Waals surface area contributed by atoms with Gasteiger partial charge in [0.15, 0.2) is 0 Å². The van der Waals surface area contributed by atoms with E-state index in [0.717, 1.165) is 21.3 Å². The van der Waals surface area contributed by atoms with E-state index in [1.165, 1.54) is 11.3 Å². The van der Waals surface area contributed by atoms with E-state index in [1.807, 2.05) is 73.9 Å². The van der Waals surface area contributed by atoms with Crippen LogP contribution in [-0.2, 0) is 16.6 Å². The normalized spacial score (nSPS) is 12.9. The number of ether oxygens (including phenoxy) is 1. The highest BCUT2D eigenvalue weighted by Gasteiger charge is 2.24. The number of fused-ring (bicyclic) bond motifs is 1. The zero-order valence-corrected chi connectivity index (χ0v) is 18.6. The quantitative estimate of drug-likeness (QED) is 0.425. The highest BCUT2D eigenvalue weighted by Crippen LogP contribution is 2.31. The van der Waals surface area contributed by atoms with E-state index in [9.17, 15) is 8.42 Å². The number of sulfonamides is 1.